The third-order valence-electron chi connectivity index (χ3n) is 5.07. The maximum Gasteiger partial charge on any atom is 0.0434 e. The average molecular weight is 282 g/mol. The van der Waals surface area contributed by atoms with Crippen molar-refractivity contribution in [3.05, 3.63) is 0 Å². The predicted molar refractivity (Wildman–Crippen MR) is 84.8 cm³/mol. The first-order valence-corrected chi connectivity index (χ1v) is 8.47. The highest BCUT2D eigenvalue weighted by molar-refractivity contribution is 4.93. The summed E-state index contributed by atoms with van der Waals surface area (Å²) < 4.78 is 0. The molecule has 3 nitrogen and oxygen atoms in total. The molecule has 1 aliphatic carbocycles. The first kappa shape index (κ1) is 16.3. The van der Waals surface area contributed by atoms with Crippen molar-refractivity contribution in [2.45, 2.75) is 65.5 Å². The van der Waals surface area contributed by atoms with Crippen LogP contribution in [0.4, 0.5) is 0 Å². The number of likely N-dealkylation sites (tertiary alicyclic amines) is 1. The lowest BCUT2D eigenvalue weighted by Gasteiger charge is -2.49. The number of hydrogen-bond acceptors (Lipinski definition) is 3. The summed E-state index contributed by atoms with van der Waals surface area (Å²) in [7, 11) is 0. The molecular weight excluding hydrogens is 248 g/mol. The highest BCUT2D eigenvalue weighted by Gasteiger charge is 2.37. The Morgan fingerprint density at radius 1 is 1.20 bits per heavy atom. The van der Waals surface area contributed by atoms with Crippen LogP contribution in [0.3, 0.4) is 0 Å². The van der Waals surface area contributed by atoms with Crippen LogP contribution < -0.4 is 5.32 Å². The van der Waals surface area contributed by atoms with Gasteiger partial charge >= 0.3 is 0 Å². The second-order valence-corrected chi connectivity index (χ2v) is 8.33. The van der Waals surface area contributed by atoms with E-state index >= 15 is 0 Å². The Morgan fingerprint density at radius 3 is 2.45 bits per heavy atom. The van der Waals surface area contributed by atoms with Crippen molar-refractivity contribution in [1.29, 1.82) is 0 Å². The molecule has 1 saturated heterocycles. The van der Waals surface area contributed by atoms with Gasteiger partial charge in [-0.15, -0.1) is 0 Å². The van der Waals surface area contributed by atoms with Gasteiger partial charge in [0.05, 0.1) is 0 Å². The van der Waals surface area contributed by atoms with Crippen molar-refractivity contribution in [3.63, 3.8) is 0 Å². The number of aliphatic hydroxyl groups excluding tert-OH is 1. The van der Waals surface area contributed by atoms with Crippen LogP contribution in [0.5, 0.6) is 0 Å². The van der Waals surface area contributed by atoms with E-state index in [2.05, 4.69) is 37.9 Å². The van der Waals surface area contributed by atoms with E-state index in [1.165, 1.54) is 32.4 Å². The van der Waals surface area contributed by atoms with Crippen molar-refractivity contribution < 1.29 is 5.11 Å². The zero-order valence-corrected chi connectivity index (χ0v) is 13.9. The SMILES string of the molecule is CC1CCC1N1CC(CCO)CC(NCC(C)(C)C)C1. The molecule has 2 N–H and O–H groups in total. The van der Waals surface area contributed by atoms with E-state index < -0.39 is 0 Å². The molecule has 2 aliphatic rings. The molecular formula is C17H34N2O. The molecule has 0 aromatic rings. The van der Waals surface area contributed by atoms with Crippen LogP contribution in [0.2, 0.25) is 0 Å². The van der Waals surface area contributed by atoms with E-state index in [1.807, 2.05) is 0 Å². The lowest BCUT2D eigenvalue weighted by Crippen LogP contribution is -2.57. The van der Waals surface area contributed by atoms with Crippen LogP contribution in [0.15, 0.2) is 0 Å². The molecule has 2 rings (SSSR count). The van der Waals surface area contributed by atoms with Crippen molar-refractivity contribution >= 4 is 0 Å². The third-order valence-corrected chi connectivity index (χ3v) is 5.07. The van der Waals surface area contributed by atoms with E-state index in [0.29, 0.717) is 24.0 Å². The van der Waals surface area contributed by atoms with Gasteiger partial charge in [0.25, 0.3) is 0 Å². The monoisotopic (exact) mass is 282 g/mol. The van der Waals surface area contributed by atoms with Gasteiger partial charge in [0.1, 0.15) is 0 Å². The van der Waals surface area contributed by atoms with E-state index in [4.69, 9.17) is 0 Å². The number of rotatable bonds is 5. The molecule has 4 atom stereocenters. The molecule has 1 saturated carbocycles. The smallest absolute Gasteiger partial charge is 0.0434 e. The molecule has 1 heterocycles. The minimum absolute atomic E-state index is 0.338. The van der Waals surface area contributed by atoms with E-state index in [1.54, 1.807) is 0 Å². The molecule has 118 valence electrons. The molecule has 0 bridgehead atoms. The van der Waals surface area contributed by atoms with Gasteiger partial charge in [-0.1, -0.05) is 27.7 Å². The summed E-state index contributed by atoms with van der Waals surface area (Å²) in [6.07, 6.45) is 4.96. The zero-order chi connectivity index (χ0) is 14.8. The molecule has 2 fully saturated rings. The van der Waals surface area contributed by atoms with Gasteiger partial charge < -0.3 is 10.4 Å². The highest BCUT2D eigenvalue weighted by atomic mass is 16.3. The van der Waals surface area contributed by atoms with Crippen LogP contribution >= 0.6 is 0 Å². The number of nitrogens with one attached hydrogen (secondary N) is 1. The fraction of sp³-hybridized carbons (Fsp3) is 1.00. The molecule has 0 radical (unpaired) electrons. The van der Waals surface area contributed by atoms with E-state index in [-0.39, 0.29) is 0 Å². The maximum atomic E-state index is 9.27. The number of nitrogens with zero attached hydrogens (tertiary/aromatic N) is 1. The van der Waals surface area contributed by atoms with Crippen molar-refractivity contribution in [2.24, 2.45) is 17.3 Å². The van der Waals surface area contributed by atoms with Crippen LogP contribution in [-0.2, 0) is 0 Å². The van der Waals surface area contributed by atoms with E-state index in [0.717, 1.165) is 24.9 Å². The van der Waals surface area contributed by atoms with Crippen molar-refractivity contribution in [3.8, 4) is 0 Å². The Balaban J connectivity index is 1.90. The second kappa shape index (κ2) is 6.76. The molecule has 1 aliphatic heterocycles. The fourth-order valence-electron chi connectivity index (χ4n) is 3.69. The topological polar surface area (TPSA) is 35.5 Å². The van der Waals surface area contributed by atoms with Crippen LogP contribution in [-0.4, -0.2) is 48.3 Å². The summed E-state index contributed by atoms with van der Waals surface area (Å²) in [5.74, 6) is 1.53. The standard InChI is InChI=1S/C17H34N2O/c1-13-5-6-16(13)19-10-14(7-8-20)9-15(11-19)18-12-17(2,3)4/h13-16,18,20H,5-12H2,1-4H3. The summed E-state index contributed by atoms with van der Waals surface area (Å²) in [5.41, 5.74) is 0.346. The molecule has 20 heavy (non-hydrogen) atoms. The van der Waals surface area contributed by atoms with Gasteiger partial charge in [0, 0.05) is 38.3 Å². The lowest BCUT2D eigenvalue weighted by atomic mass is 9.78. The first-order valence-electron chi connectivity index (χ1n) is 8.47. The summed E-state index contributed by atoms with van der Waals surface area (Å²) in [5, 5.41) is 13.0. The number of aliphatic hydroxyl groups is 1. The third kappa shape index (κ3) is 4.44. The van der Waals surface area contributed by atoms with Gasteiger partial charge in [-0.25, -0.2) is 0 Å². The molecule has 0 amide bonds. The van der Waals surface area contributed by atoms with Gasteiger partial charge in [-0.3, -0.25) is 4.90 Å². The maximum absolute atomic E-state index is 9.27. The highest BCUT2D eigenvalue weighted by Crippen LogP contribution is 2.34. The minimum atomic E-state index is 0.338. The summed E-state index contributed by atoms with van der Waals surface area (Å²) in [6, 6.07) is 1.41. The lowest BCUT2D eigenvalue weighted by molar-refractivity contribution is 0.0167. The molecule has 3 heteroatoms. The minimum Gasteiger partial charge on any atom is -0.396 e. The fourth-order valence-corrected chi connectivity index (χ4v) is 3.69. The molecule has 0 aromatic heterocycles. The van der Waals surface area contributed by atoms with Gasteiger partial charge in [-0.2, -0.15) is 0 Å². The van der Waals surface area contributed by atoms with Gasteiger partial charge in [0.2, 0.25) is 0 Å². The van der Waals surface area contributed by atoms with Crippen LogP contribution in [0.1, 0.15) is 53.4 Å². The summed E-state index contributed by atoms with van der Waals surface area (Å²) in [4.78, 5) is 2.71. The van der Waals surface area contributed by atoms with E-state index in [9.17, 15) is 5.11 Å². The zero-order valence-electron chi connectivity index (χ0n) is 13.9. The Bertz CT molecular complexity index is 300. The van der Waals surface area contributed by atoms with Crippen LogP contribution in [0, 0.1) is 17.3 Å². The predicted octanol–water partition coefficient (Wildman–Crippen LogP) is 2.49. The summed E-state index contributed by atoms with van der Waals surface area (Å²) in [6.45, 7) is 13.1. The molecule has 4 unspecified atom stereocenters. The molecule has 0 spiro atoms. The van der Waals surface area contributed by atoms with Crippen molar-refractivity contribution in [2.75, 3.05) is 26.2 Å². The normalized spacial score (nSPS) is 35.9. The van der Waals surface area contributed by atoms with Gasteiger partial charge in [-0.05, 0) is 42.9 Å². The number of piperidine rings is 1. The Kier molecular flexibility index (Phi) is 5.49. The quantitative estimate of drug-likeness (QED) is 0.813. The Morgan fingerprint density at radius 2 is 1.95 bits per heavy atom. The van der Waals surface area contributed by atoms with Gasteiger partial charge in [0.15, 0.2) is 0 Å². The Labute approximate surface area is 125 Å². The van der Waals surface area contributed by atoms with Crippen molar-refractivity contribution in [1.82, 2.24) is 10.2 Å². The van der Waals surface area contributed by atoms with Crippen LogP contribution in [0.25, 0.3) is 0 Å². The molecule has 0 aromatic carbocycles. The first-order chi connectivity index (χ1) is 9.39. The Hall–Kier alpha value is -0.120. The second-order valence-electron chi connectivity index (χ2n) is 8.33. The average Bonchev–Trinajstić information content (AvgIpc) is 2.34. The summed E-state index contributed by atoms with van der Waals surface area (Å²) >= 11 is 0. The largest absolute Gasteiger partial charge is 0.396 e. The number of hydrogen-bond donors (Lipinski definition) is 2.